The summed E-state index contributed by atoms with van der Waals surface area (Å²) in [4.78, 5) is 25.0. The molecule has 0 atom stereocenters. The molecule has 0 aliphatic rings. The van der Waals surface area contributed by atoms with Crippen LogP contribution >= 0.6 is 22.9 Å². The number of aromatic nitrogens is 1. The average Bonchev–Trinajstić information content (AvgIpc) is 3.26. The molecular formula is C20H19ClN2O5S2. The fraction of sp³-hybridized carbons (Fsp3) is 0.250. The number of aryl methyl sites for hydroxylation is 3. The standard InChI is InChI=1S/C20H19ClN2O5S2/c1-10-7-11(2)14(15(8-10)13(4)24)9-16(25)19-17(5-6-29-19)30(26,27)23-20-18(21)12(3)22-28-20/h5-8,23H,9H2,1-4H3. The van der Waals surface area contributed by atoms with Gasteiger partial charge < -0.3 is 4.52 Å². The number of thiophene rings is 1. The van der Waals surface area contributed by atoms with Crippen molar-refractivity contribution < 1.29 is 22.5 Å². The Bertz CT molecular complexity index is 1260. The van der Waals surface area contributed by atoms with E-state index in [-0.39, 0.29) is 32.9 Å². The van der Waals surface area contributed by atoms with Crippen LogP contribution in [0, 0.1) is 20.8 Å². The molecule has 0 saturated heterocycles. The van der Waals surface area contributed by atoms with Crippen LogP contribution in [0.15, 0.2) is 33.0 Å². The number of nitrogens with one attached hydrogen (secondary N) is 1. The van der Waals surface area contributed by atoms with Gasteiger partial charge in [0.25, 0.3) is 15.9 Å². The normalized spacial score (nSPS) is 11.5. The summed E-state index contributed by atoms with van der Waals surface area (Å²) in [5.41, 5.74) is 3.11. The van der Waals surface area contributed by atoms with E-state index in [4.69, 9.17) is 16.1 Å². The zero-order valence-corrected chi connectivity index (χ0v) is 19.1. The van der Waals surface area contributed by atoms with E-state index in [1.807, 2.05) is 19.9 Å². The molecule has 7 nitrogen and oxygen atoms in total. The molecule has 1 N–H and O–H groups in total. The van der Waals surface area contributed by atoms with Gasteiger partial charge in [-0.3, -0.25) is 9.59 Å². The fourth-order valence-electron chi connectivity index (χ4n) is 3.10. The first-order valence-corrected chi connectivity index (χ1v) is 11.6. The largest absolute Gasteiger partial charge is 0.336 e. The van der Waals surface area contributed by atoms with Gasteiger partial charge in [0.1, 0.15) is 15.6 Å². The molecule has 0 aliphatic carbocycles. The second-order valence-electron chi connectivity index (χ2n) is 6.89. The van der Waals surface area contributed by atoms with Gasteiger partial charge in [0, 0.05) is 12.0 Å². The first kappa shape index (κ1) is 22.2. The number of rotatable bonds is 7. The van der Waals surface area contributed by atoms with Crippen LogP contribution in [0.4, 0.5) is 5.88 Å². The van der Waals surface area contributed by atoms with E-state index in [9.17, 15) is 18.0 Å². The summed E-state index contributed by atoms with van der Waals surface area (Å²) in [7, 11) is -4.14. The molecule has 3 aromatic rings. The number of ketones is 2. The molecule has 0 unspecified atom stereocenters. The first-order chi connectivity index (χ1) is 14.0. The van der Waals surface area contributed by atoms with E-state index in [1.54, 1.807) is 13.0 Å². The Labute approximate surface area is 183 Å². The van der Waals surface area contributed by atoms with Crippen molar-refractivity contribution in [3.63, 3.8) is 0 Å². The Kier molecular flexibility index (Phi) is 6.16. The maximum Gasteiger partial charge on any atom is 0.265 e. The number of anilines is 1. The van der Waals surface area contributed by atoms with Gasteiger partial charge in [-0.1, -0.05) is 28.4 Å². The highest BCUT2D eigenvalue weighted by Crippen LogP contribution is 2.31. The summed E-state index contributed by atoms with van der Waals surface area (Å²) in [5, 5.41) is 5.17. The van der Waals surface area contributed by atoms with Crippen LogP contribution in [0.1, 0.15) is 49.3 Å². The molecule has 0 radical (unpaired) electrons. The third-order valence-corrected chi connectivity index (χ3v) is 7.43. The molecule has 0 fully saturated rings. The molecule has 158 valence electrons. The summed E-state index contributed by atoms with van der Waals surface area (Å²) in [6.45, 7) is 6.71. The average molecular weight is 467 g/mol. The number of sulfonamides is 1. The molecule has 0 aliphatic heterocycles. The summed E-state index contributed by atoms with van der Waals surface area (Å²) in [6, 6.07) is 4.96. The van der Waals surface area contributed by atoms with E-state index >= 15 is 0 Å². The third-order valence-electron chi connectivity index (χ3n) is 4.52. The number of Topliss-reactive ketones (excluding diaryl/α,β-unsaturated/α-hetero) is 2. The highest BCUT2D eigenvalue weighted by Gasteiger charge is 2.27. The maximum atomic E-state index is 13.0. The maximum absolute atomic E-state index is 13.0. The number of nitrogens with zero attached hydrogens (tertiary/aromatic N) is 1. The predicted molar refractivity (Wildman–Crippen MR) is 115 cm³/mol. The minimum absolute atomic E-state index is 0.0445. The number of carbonyl (C=O) groups excluding carboxylic acids is 2. The second-order valence-corrected chi connectivity index (χ2v) is 9.84. The van der Waals surface area contributed by atoms with Crippen LogP contribution < -0.4 is 4.72 Å². The minimum Gasteiger partial charge on any atom is -0.336 e. The van der Waals surface area contributed by atoms with E-state index in [0.717, 1.165) is 22.5 Å². The van der Waals surface area contributed by atoms with Crippen LogP contribution in [0.25, 0.3) is 0 Å². The lowest BCUT2D eigenvalue weighted by molar-refractivity contribution is 0.0993. The molecular weight excluding hydrogens is 448 g/mol. The van der Waals surface area contributed by atoms with E-state index < -0.39 is 15.8 Å². The monoisotopic (exact) mass is 466 g/mol. The first-order valence-electron chi connectivity index (χ1n) is 8.87. The highest BCUT2D eigenvalue weighted by molar-refractivity contribution is 7.93. The molecule has 2 heterocycles. The Hall–Kier alpha value is -2.49. The van der Waals surface area contributed by atoms with Crippen molar-refractivity contribution in [1.82, 2.24) is 5.16 Å². The van der Waals surface area contributed by atoms with Crippen LogP contribution in [0.5, 0.6) is 0 Å². The lowest BCUT2D eigenvalue weighted by Crippen LogP contribution is -2.16. The van der Waals surface area contributed by atoms with Crippen molar-refractivity contribution in [3.05, 3.63) is 61.4 Å². The molecule has 3 rings (SSSR count). The van der Waals surface area contributed by atoms with Crippen molar-refractivity contribution in [3.8, 4) is 0 Å². The third kappa shape index (κ3) is 4.33. The number of carbonyl (C=O) groups is 2. The number of hydrogen-bond acceptors (Lipinski definition) is 7. The van der Waals surface area contributed by atoms with Gasteiger partial charge in [0.2, 0.25) is 0 Å². The Morgan fingerprint density at radius 3 is 2.53 bits per heavy atom. The van der Waals surface area contributed by atoms with Gasteiger partial charge in [0.15, 0.2) is 11.6 Å². The molecule has 0 spiro atoms. The van der Waals surface area contributed by atoms with E-state index in [2.05, 4.69) is 9.88 Å². The highest BCUT2D eigenvalue weighted by atomic mass is 35.5. The van der Waals surface area contributed by atoms with Gasteiger partial charge in [-0.25, -0.2) is 13.1 Å². The topological polar surface area (TPSA) is 106 Å². The van der Waals surface area contributed by atoms with Gasteiger partial charge in [-0.15, -0.1) is 11.3 Å². The van der Waals surface area contributed by atoms with Crippen molar-refractivity contribution in [2.45, 2.75) is 39.0 Å². The Balaban J connectivity index is 1.95. The quantitative estimate of drug-likeness (QED) is 0.504. The van der Waals surface area contributed by atoms with Crippen molar-refractivity contribution in [1.29, 1.82) is 0 Å². The van der Waals surface area contributed by atoms with Crippen molar-refractivity contribution in [2.24, 2.45) is 0 Å². The molecule has 0 amide bonds. The van der Waals surface area contributed by atoms with Crippen LogP contribution in [0.2, 0.25) is 5.02 Å². The van der Waals surface area contributed by atoms with E-state index in [1.165, 1.54) is 18.4 Å². The van der Waals surface area contributed by atoms with Crippen molar-refractivity contribution >= 4 is 50.4 Å². The summed E-state index contributed by atoms with van der Waals surface area (Å²) in [6.07, 6.45) is -0.0910. The lowest BCUT2D eigenvalue weighted by Gasteiger charge is -2.12. The number of halogens is 1. The van der Waals surface area contributed by atoms with Crippen LogP contribution in [-0.2, 0) is 16.4 Å². The van der Waals surface area contributed by atoms with Crippen LogP contribution in [0.3, 0.4) is 0 Å². The van der Waals surface area contributed by atoms with Gasteiger partial charge in [-0.05, 0) is 56.3 Å². The van der Waals surface area contributed by atoms with Gasteiger partial charge in [0.05, 0.1) is 4.88 Å². The summed E-state index contributed by atoms with van der Waals surface area (Å²) in [5.74, 6) is -0.771. The summed E-state index contributed by atoms with van der Waals surface area (Å²) < 4.78 is 32.8. The Morgan fingerprint density at radius 2 is 1.93 bits per heavy atom. The smallest absolute Gasteiger partial charge is 0.265 e. The second kappa shape index (κ2) is 8.33. The molecule has 1 aromatic carbocycles. The summed E-state index contributed by atoms with van der Waals surface area (Å²) >= 11 is 7.00. The molecule has 30 heavy (non-hydrogen) atoms. The lowest BCUT2D eigenvalue weighted by atomic mass is 9.93. The number of hydrogen-bond donors (Lipinski definition) is 1. The zero-order valence-electron chi connectivity index (χ0n) is 16.7. The minimum atomic E-state index is -4.14. The SMILES string of the molecule is CC(=O)c1cc(C)cc(C)c1CC(=O)c1sccc1S(=O)(=O)Nc1onc(C)c1Cl. The van der Waals surface area contributed by atoms with Gasteiger partial charge in [-0.2, -0.15) is 0 Å². The molecule has 10 heteroatoms. The van der Waals surface area contributed by atoms with Crippen LogP contribution in [-0.4, -0.2) is 25.1 Å². The zero-order chi connectivity index (χ0) is 22.2. The Morgan fingerprint density at radius 1 is 1.23 bits per heavy atom. The predicted octanol–water partition coefficient (Wildman–Crippen LogP) is 4.74. The molecule has 2 aromatic heterocycles. The van der Waals surface area contributed by atoms with Crippen molar-refractivity contribution in [2.75, 3.05) is 4.72 Å². The van der Waals surface area contributed by atoms with E-state index in [0.29, 0.717) is 16.8 Å². The fourth-order valence-corrected chi connectivity index (χ4v) is 5.66. The molecule has 0 bridgehead atoms. The molecule has 0 saturated carbocycles. The number of benzene rings is 1. The van der Waals surface area contributed by atoms with Gasteiger partial charge >= 0.3 is 0 Å².